The summed E-state index contributed by atoms with van der Waals surface area (Å²) in [4.78, 5) is 12.0. The molecule has 19 heavy (non-hydrogen) atoms. The zero-order valence-electron chi connectivity index (χ0n) is 13.4. The third-order valence-corrected chi connectivity index (χ3v) is 4.56. The van der Waals surface area contributed by atoms with Crippen molar-refractivity contribution in [2.75, 3.05) is 6.54 Å². The molecule has 0 radical (unpaired) electrons. The number of carbonyl (C=O) groups is 1. The van der Waals surface area contributed by atoms with E-state index in [9.17, 15) is 4.79 Å². The van der Waals surface area contributed by atoms with E-state index in [1.807, 2.05) is 0 Å². The molecule has 2 N–H and O–H groups in total. The molecule has 0 saturated heterocycles. The smallest absolute Gasteiger partial charge is 0.220 e. The second-order valence-corrected chi connectivity index (χ2v) is 7.14. The Labute approximate surface area is 118 Å². The van der Waals surface area contributed by atoms with Gasteiger partial charge in [0.05, 0.1) is 0 Å². The van der Waals surface area contributed by atoms with Gasteiger partial charge in [0.25, 0.3) is 0 Å². The van der Waals surface area contributed by atoms with Crippen LogP contribution >= 0.6 is 0 Å². The quantitative estimate of drug-likeness (QED) is 0.804. The van der Waals surface area contributed by atoms with Crippen molar-refractivity contribution in [3.63, 3.8) is 0 Å². The lowest BCUT2D eigenvalue weighted by atomic mass is 9.80. The first kappa shape index (κ1) is 16.5. The van der Waals surface area contributed by atoms with E-state index < -0.39 is 0 Å². The van der Waals surface area contributed by atoms with Gasteiger partial charge in [0.15, 0.2) is 0 Å². The van der Waals surface area contributed by atoms with Crippen molar-refractivity contribution in [2.45, 2.75) is 78.8 Å². The average Bonchev–Trinajstić information content (AvgIpc) is 2.30. The summed E-state index contributed by atoms with van der Waals surface area (Å²) < 4.78 is 0. The lowest BCUT2D eigenvalue weighted by Crippen LogP contribution is -2.42. The van der Waals surface area contributed by atoms with E-state index in [1.165, 1.54) is 12.8 Å². The lowest BCUT2D eigenvalue weighted by Gasteiger charge is -2.31. The summed E-state index contributed by atoms with van der Waals surface area (Å²) in [5, 5.41) is 6.72. The van der Waals surface area contributed by atoms with Gasteiger partial charge in [-0.2, -0.15) is 0 Å². The second-order valence-electron chi connectivity index (χ2n) is 7.14. The van der Waals surface area contributed by atoms with Crippen LogP contribution in [0.15, 0.2) is 0 Å². The van der Waals surface area contributed by atoms with Crippen LogP contribution in [0.3, 0.4) is 0 Å². The highest BCUT2D eigenvalue weighted by molar-refractivity contribution is 5.76. The Morgan fingerprint density at radius 3 is 2.16 bits per heavy atom. The molecule has 0 heterocycles. The van der Waals surface area contributed by atoms with Crippen LogP contribution in [0.2, 0.25) is 0 Å². The number of hydrogen-bond acceptors (Lipinski definition) is 2. The molecular formula is C16H32N2O. The molecular weight excluding hydrogens is 236 g/mol. The molecule has 0 aromatic carbocycles. The van der Waals surface area contributed by atoms with Gasteiger partial charge in [0.1, 0.15) is 0 Å². The van der Waals surface area contributed by atoms with Crippen molar-refractivity contribution in [3.8, 4) is 0 Å². The molecule has 3 heteroatoms. The fourth-order valence-electron chi connectivity index (χ4n) is 2.60. The molecule has 1 unspecified atom stereocenters. The fraction of sp³-hybridized carbons (Fsp3) is 0.938. The number of nitrogens with one attached hydrogen (secondary N) is 2. The third-order valence-electron chi connectivity index (χ3n) is 4.56. The largest absolute Gasteiger partial charge is 0.353 e. The van der Waals surface area contributed by atoms with Gasteiger partial charge >= 0.3 is 0 Å². The van der Waals surface area contributed by atoms with Crippen molar-refractivity contribution < 1.29 is 4.79 Å². The highest BCUT2D eigenvalue weighted by Gasteiger charge is 2.25. The summed E-state index contributed by atoms with van der Waals surface area (Å²) in [6.07, 6.45) is 5.26. The van der Waals surface area contributed by atoms with Gasteiger partial charge < -0.3 is 10.6 Å². The topological polar surface area (TPSA) is 41.1 Å². The number of amides is 1. The number of rotatable bonds is 5. The lowest BCUT2D eigenvalue weighted by molar-refractivity contribution is -0.123. The van der Waals surface area contributed by atoms with E-state index in [-0.39, 0.29) is 11.3 Å². The summed E-state index contributed by atoms with van der Waals surface area (Å²) in [5.74, 6) is 0.653. The Morgan fingerprint density at radius 2 is 1.68 bits per heavy atom. The molecule has 0 aromatic heterocycles. The van der Waals surface area contributed by atoms with Crippen molar-refractivity contribution in [1.82, 2.24) is 10.6 Å². The first-order valence-electron chi connectivity index (χ1n) is 7.85. The molecule has 112 valence electrons. The first-order chi connectivity index (χ1) is 8.82. The minimum absolute atomic E-state index is 0.208. The maximum absolute atomic E-state index is 12.0. The Balaban J connectivity index is 2.27. The molecule has 0 bridgehead atoms. The SMILES string of the molecule is CCNC1CCC(NC(=O)CC(C)C(C)(C)C)CC1. The van der Waals surface area contributed by atoms with Crippen LogP contribution in [0.4, 0.5) is 0 Å². The van der Waals surface area contributed by atoms with Crippen LogP contribution < -0.4 is 10.6 Å². The predicted octanol–water partition coefficient (Wildman–Crippen LogP) is 3.10. The second kappa shape index (κ2) is 7.28. The molecule has 3 nitrogen and oxygen atoms in total. The standard InChI is InChI=1S/C16H32N2O/c1-6-17-13-7-9-14(10-8-13)18-15(19)11-12(2)16(3,4)5/h12-14,17H,6-11H2,1-5H3,(H,18,19). The summed E-state index contributed by atoms with van der Waals surface area (Å²) in [6.45, 7) is 12.0. The van der Waals surface area contributed by atoms with Gasteiger partial charge in [-0.05, 0) is 43.6 Å². The van der Waals surface area contributed by atoms with Gasteiger partial charge in [-0.3, -0.25) is 4.79 Å². The van der Waals surface area contributed by atoms with Crippen LogP contribution in [0.5, 0.6) is 0 Å². The highest BCUT2D eigenvalue weighted by Crippen LogP contribution is 2.28. The average molecular weight is 268 g/mol. The normalized spacial score (nSPS) is 25.9. The molecule has 1 aliphatic rings. The molecule has 0 aromatic rings. The minimum atomic E-state index is 0.208. The fourth-order valence-corrected chi connectivity index (χ4v) is 2.60. The van der Waals surface area contributed by atoms with Crippen molar-refractivity contribution >= 4 is 5.91 Å². The van der Waals surface area contributed by atoms with Gasteiger partial charge in [0, 0.05) is 18.5 Å². The summed E-state index contributed by atoms with van der Waals surface area (Å²) in [6, 6.07) is 1.06. The number of carbonyl (C=O) groups excluding carboxylic acids is 1. The molecule has 1 rings (SSSR count). The highest BCUT2D eigenvalue weighted by atomic mass is 16.1. The van der Waals surface area contributed by atoms with Crippen molar-refractivity contribution in [3.05, 3.63) is 0 Å². The zero-order valence-corrected chi connectivity index (χ0v) is 13.4. The van der Waals surface area contributed by atoms with Crippen LogP contribution in [-0.4, -0.2) is 24.5 Å². The molecule has 1 atom stereocenters. The van der Waals surface area contributed by atoms with Crippen LogP contribution in [0.25, 0.3) is 0 Å². The maximum atomic E-state index is 12.0. The van der Waals surface area contributed by atoms with E-state index in [2.05, 4.69) is 45.3 Å². The Bertz CT molecular complexity index is 275. The molecule has 1 amide bonds. The molecule has 0 spiro atoms. The maximum Gasteiger partial charge on any atom is 0.220 e. The van der Waals surface area contributed by atoms with E-state index in [1.54, 1.807) is 0 Å². The zero-order chi connectivity index (χ0) is 14.5. The van der Waals surface area contributed by atoms with Crippen molar-refractivity contribution in [2.24, 2.45) is 11.3 Å². The third kappa shape index (κ3) is 5.94. The molecule has 1 aliphatic carbocycles. The predicted molar refractivity (Wildman–Crippen MR) is 81.1 cm³/mol. The molecule has 0 aliphatic heterocycles. The molecule has 1 fully saturated rings. The first-order valence-corrected chi connectivity index (χ1v) is 7.85. The minimum Gasteiger partial charge on any atom is -0.353 e. The Kier molecular flexibility index (Phi) is 6.31. The summed E-state index contributed by atoms with van der Waals surface area (Å²) in [5.41, 5.74) is 0.208. The van der Waals surface area contributed by atoms with Crippen molar-refractivity contribution in [1.29, 1.82) is 0 Å². The van der Waals surface area contributed by atoms with E-state index >= 15 is 0 Å². The summed E-state index contributed by atoms with van der Waals surface area (Å²) >= 11 is 0. The van der Waals surface area contributed by atoms with Crippen LogP contribution in [-0.2, 0) is 4.79 Å². The van der Waals surface area contributed by atoms with Gasteiger partial charge in [-0.15, -0.1) is 0 Å². The van der Waals surface area contributed by atoms with E-state index in [0.717, 1.165) is 19.4 Å². The Hall–Kier alpha value is -0.570. The van der Waals surface area contributed by atoms with E-state index in [0.29, 0.717) is 24.4 Å². The van der Waals surface area contributed by atoms with Crippen LogP contribution in [0.1, 0.15) is 66.7 Å². The number of hydrogen-bond donors (Lipinski definition) is 2. The monoisotopic (exact) mass is 268 g/mol. The van der Waals surface area contributed by atoms with Crippen LogP contribution in [0, 0.1) is 11.3 Å². The Morgan fingerprint density at radius 1 is 1.16 bits per heavy atom. The van der Waals surface area contributed by atoms with Gasteiger partial charge in [0.2, 0.25) is 5.91 Å². The van der Waals surface area contributed by atoms with Gasteiger partial charge in [-0.1, -0.05) is 34.6 Å². The summed E-state index contributed by atoms with van der Waals surface area (Å²) in [7, 11) is 0. The van der Waals surface area contributed by atoms with E-state index in [4.69, 9.17) is 0 Å². The molecule has 1 saturated carbocycles. The van der Waals surface area contributed by atoms with Gasteiger partial charge in [-0.25, -0.2) is 0 Å².